The number of carbonyl (C=O) groups excluding carboxylic acids is 2. The van der Waals surface area contributed by atoms with Crippen LogP contribution in [0.1, 0.15) is 30.0 Å². The number of benzene rings is 3. The Morgan fingerprint density at radius 1 is 0.939 bits per heavy atom. The zero-order chi connectivity index (χ0) is 23.4. The summed E-state index contributed by atoms with van der Waals surface area (Å²) >= 11 is 0. The van der Waals surface area contributed by atoms with Crippen molar-refractivity contribution >= 4 is 23.2 Å². The lowest BCUT2D eigenvalue weighted by Crippen LogP contribution is -2.47. The minimum absolute atomic E-state index is 0.0117. The van der Waals surface area contributed by atoms with Crippen LogP contribution in [0.5, 0.6) is 11.5 Å². The van der Waals surface area contributed by atoms with Crippen LogP contribution in [-0.2, 0) is 9.59 Å². The molecule has 170 valence electrons. The molecule has 3 aromatic rings. The molecule has 0 aromatic heterocycles. The summed E-state index contributed by atoms with van der Waals surface area (Å²) in [5.74, 6) is 0.574. The first-order valence-corrected chi connectivity index (χ1v) is 11.0. The summed E-state index contributed by atoms with van der Waals surface area (Å²) in [6.45, 7) is 2.00. The summed E-state index contributed by atoms with van der Waals surface area (Å²) in [5, 5.41) is 3.03. The zero-order valence-corrected chi connectivity index (χ0v) is 19.1. The van der Waals surface area contributed by atoms with Gasteiger partial charge in [-0.25, -0.2) is 0 Å². The Labute approximate surface area is 194 Å². The third-order valence-corrected chi connectivity index (χ3v) is 6.04. The standard InChI is InChI=1S/C27H28N2O4/c1-18-9-12-21(13-10-18)29-25(30)16-14-22(27(31)28-20-7-5-4-6-8-20)26(29)19-11-15-23(32-2)24(17-19)33-3/h4-13,15,17,22,26H,14,16H2,1-3H3,(H,28,31)/t22-,26-/m0/s1. The van der Waals surface area contributed by atoms with Gasteiger partial charge in [0, 0.05) is 17.8 Å². The van der Waals surface area contributed by atoms with Crippen molar-refractivity contribution in [2.75, 3.05) is 24.4 Å². The summed E-state index contributed by atoms with van der Waals surface area (Å²) in [5.41, 5.74) is 3.41. The number of nitrogens with zero attached hydrogens (tertiary/aromatic N) is 1. The average Bonchev–Trinajstić information content (AvgIpc) is 2.84. The number of anilines is 2. The maximum Gasteiger partial charge on any atom is 0.229 e. The van der Waals surface area contributed by atoms with Crippen LogP contribution in [0.15, 0.2) is 72.8 Å². The molecular formula is C27H28N2O4. The topological polar surface area (TPSA) is 67.9 Å². The van der Waals surface area contributed by atoms with Gasteiger partial charge in [0.25, 0.3) is 0 Å². The van der Waals surface area contributed by atoms with Crippen molar-refractivity contribution in [1.29, 1.82) is 0 Å². The van der Waals surface area contributed by atoms with Crippen LogP contribution in [0, 0.1) is 12.8 Å². The highest BCUT2D eigenvalue weighted by atomic mass is 16.5. The number of aryl methyl sites for hydroxylation is 1. The molecule has 0 saturated carbocycles. The second kappa shape index (κ2) is 9.77. The summed E-state index contributed by atoms with van der Waals surface area (Å²) < 4.78 is 10.9. The number of carbonyl (C=O) groups is 2. The molecule has 0 bridgehead atoms. The fourth-order valence-electron chi connectivity index (χ4n) is 4.35. The van der Waals surface area contributed by atoms with Crippen molar-refractivity contribution in [3.05, 3.63) is 83.9 Å². The van der Waals surface area contributed by atoms with Gasteiger partial charge >= 0.3 is 0 Å². The Balaban J connectivity index is 1.78. The Bertz CT molecular complexity index is 1130. The van der Waals surface area contributed by atoms with Gasteiger partial charge in [-0.3, -0.25) is 9.59 Å². The molecule has 6 heteroatoms. The Morgan fingerprint density at radius 2 is 1.64 bits per heavy atom. The Kier molecular flexibility index (Phi) is 6.63. The third kappa shape index (κ3) is 4.70. The van der Waals surface area contributed by atoms with E-state index in [1.54, 1.807) is 19.1 Å². The fourth-order valence-corrected chi connectivity index (χ4v) is 4.35. The fraction of sp³-hybridized carbons (Fsp3) is 0.259. The van der Waals surface area contributed by atoms with E-state index >= 15 is 0 Å². The number of nitrogens with one attached hydrogen (secondary N) is 1. The first-order chi connectivity index (χ1) is 16.0. The van der Waals surface area contributed by atoms with Crippen LogP contribution in [0.2, 0.25) is 0 Å². The van der Waals surface area contributed by atoms with Crippen LogP contribution in [-0.4, -0.2) is 26.0 Å². The molecule has 4 rings (SSSR count). The number of ether oxygens (including phenoxy) is 2. The van der Waals surface area contributed by atoms with Gasteiger partial charge in [-0.2, -0.15) is 0 Å². The number of hydrogen-bond donors (Lipinski definition) is 1. The van der Waals surface area contributed by atoms with Gasteiger partial charge in [0.05, 0.1) is 26.2 Å². The van der Waals surface area contributed by atoms with Crippen molar-refractivity contribution in [3.8, 4) is 11.5 Å². The molecule has 1 saturated heterocycles. The molecule has 1 heterocycles. The summed E-state index contributed by atoms with van der Waals surface area (Å²) in [7, 11) is 3.15. The summed E-state index contributed by atoms with van der Waals surface area (Å²) in [6.07, 6.45) is 0.753. The average molecular weight is 445 g/mol. The van der Waals surface area contributed by atoms with Crippen LogP contribution < -0.4 is 19.7 Å². The second-order valence-corrected chi connectivity index (χ2v) is 8.16. The number of rotatable bonds is 6. The molecule has 2 amide bonds. The van der Waals surface area contributed by atoms with Gasteiger partial charge < -0.3 is 19.7 Å². The Morgan fingerprint density at radius 3 is 2.30 bits per heavy atom. The van der Waals surface area contributed by atoms with E-state index in [4.69, 9.17) is 9.47 Å². The van der Waals surface area contributed by atoms with Crippen molar-refractivity contribution in [2.24, 2.45) is 5.92 Å². The molecule has 1 fully saturated rings. The predicted molar refractivity (Wildman–Crippen MR) is 129 cm³/mol. The first-order valence-electron chi connectivity index (χ1n) is 11.0. The second-order valence-electron chi connectivity index (χ2n) is 8.16. The van der Waals surface area contributed by atoms with E-state index in [2.05, 4.69) is 5.32 Å². The monoisotopic (exact) mass is 444 g/mol. The van der Waals surface area contributed by atoms with Crippen LogP contribution >= 0.6 is 0 Å². The van der Waals surface area contributed by atoms with Gasteiger partial charge in [0.15, 0.2) is 11.5 Å². The molecule has 1 N–H and O–H groups in total. The SMILES string of the molecule is COc1ccc([C@H]2[C@@H](C(=O)Nc3ccccc3)CCC(=O)N2c2ccc(C)cc2)cc1OC. The van der Waals surface area contributed by atoms with Crippen molar-refractivity contribution in [3.63, 3.8) is 0 Å². The number of amides is 2. The molecule has 0 unspecified atom stereocenters. The van der Waals surface area contributed by atoms with Gasteiger partial charge in [0.1, 0.15) is 0 Å². The highest BCUT2D eigenvalue weighted by Gasteiger charge is 2.41. The van der Waals surface area contributed by atoms with E-state index < -0.39 is 12.0 Å². The molecule has 6 nitrogen and oxygen atoms in total. The van der Waals surface area contributed by atoms with E-state index in [-0.39, 0.29) is 11.8 Å². The molecule has 3 aromatic carbocycles. The number of para-hydroxylation sites is 1. The molecule has 33 heavy (non-hydrogen) atoms. The molecule has 2 atom stereocenters. The van der Waals surface area contributed by atoms with Gasteiger partial charge in [-0.1, -0.05) is 42.0 Å². The number of piperidine rings is 1. The van der Waals surface area contributed by atoms with Crippen LogP contribution in [0.25, 0.3) is 0 Å². The highest BCUT2D eigenvalue weighted by molar-refractivity contribution is 6.00. The van der Waals surface area contributed by atoms with E-state index in [1.165, 1.54) is 0 Å². The van der Waals surface area contributed by atoms with E-state index in [0.717, 1.165) is 22.5 Å². The molecule has 0 spiro atoms. The van der Waals surface area contributed by atoms with Gasteiger partial charge in [-0.15, -0.1) is 0 Å². The predicted octanol–water partition coefficient (Wildman–Crippen LogP) is 5.14. The van der Waals surface area contributed by atoms with E-state index in [1.807, 2.05) is 79.7 Å². The van der Waals surface area contributed by atoms with Crippen LogP contribution in [0.4, 0.5) is 11.4 Å². The third-order valence-electron chi connectivity index (χ3n) is 6.04. The van der Waals surface area contributed by atoms with E-state index in [0.29, 0.717) is 24.3 Å². The number of methoxy groups -OCH3 is 2. The largest absolute Gasteiger partial charge is 0.493 e. The molecule has 0 radical (unpaired) electrons. The number of hydrogen-bond acceptors (Lipinski definition) is 4. The lowest BCUT2D eigenvalue weighted by Gasteiger charge is -2.41. The molecular weight excluding hydrogens is 416 g/mol. The maximum atomic E-state index is 13.5. The summed E-state index contributed by atoms with van der Waals surface area (Å²) in [6, 6.07) is 22.3. The molecule has 0 aliphatic carbocycles. The van der Waals surface area contributed by atoms with Crippen molar-refractivity contribution < 1.29 is 19.1 Å². The lowest BCUT2D eigenvalue weighted by molar-refractivity contribution is -0.125. The van der Waals surface area contributed by atoms with Crippen molar-refractivity contribution in [2.45, 2.75) is 25.8 Å². The minimum atomic E-state index is -0.488. The van der Waals surface area contributed by atoms with Gasteiger partial charge in [-0.05, 0) is 55.3 Å². The quantitative estimate of drug-likeness (QED) is 0.572. The maximum absolute atomic E-state index is 13.5. The Hall–Kier alpha value is -3.80. The summed E-state index contributed by atoms with van der Waals surface area (Å²) in [4.78, 5) is 28.4. The highest BCUT2D eigenvalue weighted by Crippen LogP contribution is 2.42. The first kappa shape index (κ1) is 22.4. The lowest BCUT2D eigenvalue weighted by atomic mass is 9.83. The smallest absolute Gasteiger partial charge is 0.229 e. The van der Waals surface area contributed by atoms with Gasteiger partial charge in [0.2, 0.25) is 11.8 Å². The molecule has 1 aliphatic heterocycles. The van der Waals surface area contributed by atoms with E-state index in [9.17, 15) is 9.59 Å². The normalized spacial score (nSPS) is 18.0. The van der Waals surface area contributed by atoms with Crippen molar-refractivity contribution in [1.82, 2.24) is 0 Å². The minimum Gasteiger partial charge on any atom is -0.493 e. The van der Waals surface area contributed by atoms with Crippen LogP contribution in [0.3, 0.4) is 0 Å². The molecule has 1 aliphatic rings. The zero-order valence-electron chi connectivity index (χ0n) is 19.1.